The topological polar surface area (TPSA) is 0 Å². The van der Waals surface area contributed by atoms with E-state index in [-0.39, 0.29) is 0 Å². The Bertz CT molecular complexity index is 31.2. The van der Waals surface area contributed by atoms with Crippen LogP contribution in [0, 0.1) is 0 Å². The molecule has 0 aromatic rings. The molecule has 0 aliphatic rings. The Morgan fingerprint density at radius 2 is 1.86 bits per heavy atom. The van der Waals surface area contributed by atoms with Gasteiger partial charge in [-0.1, -0.05) is 0 Å². The minimum absolute atomic E-state index is 0.585. The molecule has 0 bridgehead atoms. The largest absolute Gasteiger partial charge is 0.150 e. The van der Waals surface area contributed by atoms with Crippen LogP contribution in [0.5, 0.6) is 0 Å². The first-order chi connectivity index (χ1) is 3.35. The number of thioether (sulfide) groups is 2. The van der Waals surface area contributed by atoms with Crippen LogP contribution >= 0.6 is 35.1 Å². The van der Waals surface area contributed by atoms with E-state index in [4.69, 9.17) is 11.6 Å². The van der Waals surface area contributed by atoms with E-state index in [0.29, 0.717) is 4.58 Å². The fraction of sp³-hybridized carbons (Fsp3) is 1.00. The van der Waals surface area contributed by atoms with Gasteiger partial charge in [-0.15, -0.1) is 35.1 Å². The highest BCUT2D eigenvalue weighted by molar-refractivity contribution is 8.16. The van der Waals surface area contributed by atoms with Gasteiger partial charge in [-0.05, 0) is 12.5 Å². The molecule has 0 unspecified atom stereocenters. The fourth-order valence-corrected chi connectivity index (χ4v) is 2.00. The summed E-state index contributed by atoms with van der Waals surface area (Å²) in [4.78, 5) is 0. The van der Waals surface area contributed by atoms with Crippen molar-refractivity contribution in [2.24, 2.45) is 0 Å². The molecule has 0 rings (SSSR count). The van der Waals surface area contributed by atoms with Crippen molar-refractivity contribution < 1.29 is 0 Å². The van der Waals surface area contributed by atoms with Gasteiger partial charge in [-0.2, -0.15) is 0 Å². The third-order valence-electron chi connectivity index (χ3n) is 0.652. The summed E-state index contributed by atoms with van der Waals surface area (Å²) in [6.45, 7) is 0. The molecule has 44 valence electrons. The molecular weight excluding hydrogens is 148 g/mol. The Hall–Kier alpha value is 0.990. The molecule has 0 atom stereocenters. The molecule has 0 aromatic carbocycles. The summed E-state index contributed by atoms with van der Waals surface area (Å²) in [6.07, 6.45) is 4.15. The van der Waals surface area contributed by atoms with Crippen LogP contribution in [-0.4, -0.2) is 23.0 Å². The summed E-state index contributed by atoms with van der Waals surface area (Å²) in [5.41, 5.74) is 0. The number of hydrogen-bond donors (Lipinski definition) is 0. The van der Waals surface area contributed by atoms with Crippen LogP contribution in [0.3, 0.4) is 0 Å². The molecule has 7 heavy (non-hydrogen) atoms. The van der Waals surface area contributed by atoms with Gasteiger partial charge in [0.15, 0.2) is 0 Å². The first-order valence-corrected chi connectivity index (χ1v) is 5.07. The minimum Gasteiger partial charge on any atom is -0.150 e. The maximum Gasteiger partial charge on any atom is 0.0632 e. The number of halogens is 1. The number of alkyl halides is 1. The van der Waals surface area contributed by atoms with Crippen molar-refractivity contribution in [3.8, 4) is 0 Å². The molecule has 0 aliphatic heterocycles. The molecule has 0 N–H and O–H groups in total. The van der Waals surface area contributed by atoms with Crippen LogP contribution < -0.4 is 0 Å². The average Bonchev–Trinajstić information content (AvgIpc) is 1.72. The van der Waals surface area contributed by atoms with Crippen LogP contribution in [0.15, 0.2) is 0 Å². The van der Waals surface area contributed by atoms with Gasteiger partial charge in [0.2, 0.25) is 0 Å². The lowest BCUT2D eigenvalue weighted by atomic mass is 10.9. The lowest BCUT2D eigenvalue weighted by Gasteiger charge is -2.03. The smallest absolute Gasteiger partial charge is 0.0632 e. The summed E-state index contributed by atoms with van der Waals surface area (Å²) >= 11 is 9.13. The van der Waals surface area contributed by atoms with Crippen molar-refractivity contribution >= 4 is 35.1 Å². The Labute approximate surface area is 58.4 Å². The first-order valence-electron chi connectivity index (χ1n) is 1.96. The highest BCUT2D eigenvalue weighted by atomic mass is 35.5. The summed E-state index contributed by atoms with van der Waals surface area (Å²) in [6, 6.07) is 0. The summed E-state index contributed by atoms with van der Waals surface area (Å²) in [5.74, 6) is 0.752. The first kappa shape index (κ1) is 7.99. The van der Waals surface area contributed by atoms with Gasteiger partial charge in [0.25, 0.3) is 0 Å². The van der Waals surface area contributed by atoms with Crippen molar-refractivity contribution in [3.63, 3.8) is 0 Å². The van der Waals surface area contributed by atoms with Crippen LogP contribution in [0.25, 0.3) is 0 Å². The highest BCUT2D eigenvalue weighted by Crippen LogP contribution is 2.18. The molecule has 0 saturated carbocycles. The monoisotopic (exact) mass is 156 g/mol. The van der Waals surface area contributed by atoms with Gasteiger partial charge < -0.3 is 0 Å². The van der Waals surface area contributed by atoms with Crippen molar-refractivity contribution in [3.05, 3.63) is 0 Å². The standard InChI is InChI=1S/C4H9ClS2/c1-6-4(3-5)7-2/h4H,3H2,1-2H3. The van der Waals surface area contributed by atoms with E-state index in [9.17, 15) is 0 Å². The van der Waals surface area contributed by atoms with E-state index in [1.54, 1.807) is 23.5 Å². The van der Waals surface area contributed by atoms with E-state index >= 15 is 0 Å². The predicted molar refractivity (Wildman–Crippen MR) is 41.5 cm³/mol. The molecule has 0 spiro atoms. The molecule has 0 nitrogen and oxygen atoms in total. The average molecular weight is 157 g/mol. The van der Waals surface area contributed by atoms with Crippen LogP contribution in [-0.2, 0) is 0 Å². The van der Waals surface area contributed by atoms with Crippen LogP contribution in [0.2, 0.25) is 0 Å². The van der Waals surface area contributed by atoms with Crippen LogP contribution in [0.4, 0.5) is 0 Å². The highest BCUT2D eigenvalue weighted by Gasteiger charge is 1.98. The molecule has 0 heterocycles. The second-order valence-corrected chi connectivity index (χ2v) is 3.74. The van der Waals surface area contributed by atoms with Crippen molar-refractivity contribution in [1.82, 2.24) is 0 Å². The van der Waals surface area contributed by atoms with Crippen LogP contribution in [0.1, 0.15) is 0 Å². The molecule has 0 radical (unpaired) electrons. The van der Waals surface area contributed by atoms with E-state index in [2.05, 4.69) is 12.5 Å². The fourth-order valence-electron chi connectivity index (χ4n) is 0.222. The van der Waals surface area contributed by atoms with E-state index in [1.165, 1.54) is 0 Å². The molecule has 0 fully saturated rings. The molecule has 0 saturated heterocycles. The lowest BCUT2D eigenvalue weighted by Crippen LogP contribution is -1.94. The van der Waals surface area contributed by atoms with Gasteiger partial charge in [0.1, 0.15) is 0 Å². The van der Waals surface area contributed by atoms with Crippen molar-refractivity contribution in [1.29, 1.82) is 0 Å². The SMILES string of the molecule is CSC(CCl)SC. The number of hydrogen-bond acceptors (Lipinski definition) is 2. The lowest BCUT2D eigenvalue weighted by molar-refractivity contribution is 1.44. The van der Waals surface area contributed by atoms with Gasteiger partial charge in [0, 0.05) is 5.88 Å². The Morgan fingerprint density at radius 3 is 1.86 bits per heavy atom. The molecule has 0 aromatic heterocycles. The van der Waals surface area contributed by atoms with Gasteiger partial charge in [0.05, 0.1) is 4.58 Å². The molecular formula is C4H9ClS2. The summed E-state index contributed by atoms with van der Waals surface area (Å²) in [5, 5.41) is 0. The van der Waals surface area contributed by atoms with Gasteiger partial charge in [-0.25, -0.2) is 0 Å². The Morgan fingerprint density at radius 1 is 1.43 bits per heavy atom. The van der Waals surface area contributed by atoms with E-state index in [0.717, 1.165) is 5.88 Å². The van der Waals surface area contributed by atoms with Crippen molar-refractivity contribution in [2.45, 2.75) is 4.58 Å². The molecule has 0 amide bonds. The maximum absolute atomic E-state index is 5.53. The van der Waals surface area contributed by atoms with Crippen molar-refractivity contribution in [2.75, 3.05) is 18.4 Å². The second kappa shape index (κ2) is 5.13. The minimum atomic E-state index is 0.585. The third kappa shape index (κ3) is 3.56. The van der Waals surface area contributed by atoms with E-state index in [1.807, 2.05) is 0 Å². The summed E-state index contributed by atoms with van der Waals surface area (Å²) < 4.78 is 0.585. The quantitative estimate of drug-likeness (QED) is 0.454. The second-order valence-electron chi connectivity index (χ2n) is 1.06. The van der Waals surface area contributed by atoms with E-state index < -0.39 is 0 Å². The van der Waals surface area contributed by atoms with Gasteiger partial charge in [-0.3, -0.25) is 0 Å². The Balaban J connectivity index is 2.99. The predicted octanol–water partition coefficient (Wildman–Crippen LogP) is 2.28. The number of rotatable bonds is 3. The normalized spacial score (nSPS) is 10.3. The van der Waals surface area contributed by atoms with Gasteiger partial charge >= 0.3 is 0 Å². The molecule has 3 heteroatoms. The zero-order valence-corrected chi connectivity index (χ0v) is 6.87. The summed E-state index contributed by atoms with van der Waals surface area (Å²) in [7, 11) is 0. The zero-order valence-electron chi connectivity index (χ0n) is 4.48. The Kier molecular flexibility index (Phi) is 5.86. The zero-order chi connectivity index (χ0) is 5.70. The third-order valence-corrected chi connectivity index (χ3v) is 3.87. The molecule has 0 aliphatic carbocycles. The maximum atomic E-state index is 5.53.